The van der Waals surface area contributed by atoms with Gasteiger partial charge in [-0.15, -0.1) is 0 Å². The fourth-order valence-electron chi connectivity index (χ4n) is 1.92. The lowest BCUT2D eigenvalue weighted by Crippen LogP contribution is -2.30. The lowest BCUT2D eigenvalue weighted by Gasteiger charge is -2.28. The maximum absolute atomic E-state index is 10.7. The molecular formula is C14H20ClNO2. The predicted octanol–water partition coefficient (Wildman–Crippen LogP) is 3.59. The molecule has 0 aliphatic carbocycles. The Morgan fingerprint density at radius 2 is 2.11 bits per heavy atom. The Kier molecular flexibility index (Phi) is 5.48. The van der Waals surface area contributed by atoms with Crippen LogP contribution in [0.2, 0.25) is 5.02 Å². The van der Waals surface area contributed by atoms with E-state index in [4.69, 9.17) is 16.7 Å². The van der Waals surface area contributed by atoms with Crippen molar-refractivity contribution in [2.24, 2.45) is 5.92 Å². The summed E-state index contributed by atoms with van der Waals surface area (Å²) in [5.41, 5.74) is 2.03. The highest BCUT2D eigenvalue weighted by Gasteiger charge is 2.13. The van der Waals surface area contributed by atoms with Gasteiger partial charge in [0.1, 0.15) is 0 Å². The summed E-state index contributed by atoms with van der Waals surface area (Å²) in [6, 6.07) is 5.75. The van der Waals surface area contributed by atoms with Crippen LogP contribution in [0.5, 0.6) is 0 Å². The molecule has 1 N–H and O–H groups in total. The number of carboxylic acids is 1. The summed E-state index contributed by atoms with van der Waals surface area (Å²) < 4.78 is 0. The number of anilines is 1. The summed E-state index contributed by atoms with van der Waals surface area (Å²) in [7, 11) is 0. The average Bonchev–Trinajstić information content (AvgIpc) is 2.27. The van der Waals surface area contributed by atoms with E-state index in [0.29, 0.717) is 12.5 Å². The highest BCUT2D eigenvalue weighted by atomic mass is 35.5. The summed E-state index contributed by atoms with van der Waals surface area (Å²) >= 11 is 6.11. The van der Waals surface area contributed by atoms with Crippen molar-refractivity contribution < 1.29 is 9.90 Å². The first-order chi connectivity index (χ1) is 8.41. The first kappa shape index (κ1) is 14.8. The first-order valence-electron chi connectivity index (χ1n) is 6.13. The van der Waals surface area contributed by atoms with Crippen molar-refractivity contribution in [3.63, 3.8) is 0 Å². The van der Waals surface area contributed by atoms with E-state index in [0.717, 1.165) is 22.8 Å². The van der Waals surface area contributed by atoms with Gasteiger partial charge in [-0.25, -0.2) is 0 Å². The van der Waals surface area contributed by atoms with Gasteiger partial charge >= 0.3 is 5.97 Å². The number of halogens is 1. The number of benzene rings is 1. The van der Waals surface area contributed by atoms with Crippen LogP contribution < -0.4 is 4.90 Å². The molecular weight excluding hydrogens is 250 g/mol. The van der Waals surface area contributed by atoms with E-state index in [2.05, 4.69) is 18.7 Å². The Bertz CT molecular complexity index is 418. The number of hydrogen-bond acceptors (Lipinski definition) is 2. The van der Waals surface area contributed by atoms with E-state index in [-0.39, 0.29) is 6.42 Å². The molecule has 18 heavy (non-hydrogen) atoms. The monoisotopic (exact) mass is 269 g/mol. The van der Waals surface area contributed by atoms with Crippen LogP contribution in [0.15, 0.2) is 18.2 Å². The van der Waals surface area contributed by atoms with Crippen molar-refractivity contribution in [1.82, 2.24) is 0 Å². The van der Waals surface area contributed by atoms with E-state index in [1.54, 1.807) is 0 Å². The summed E-state index contributed by atoms with van der Waals surface area (Å²) in [5, 5.41) is 9.53. The summed E-state index contributed by atoms with van der Waals surface area (Å²) in [5.74, 6) is -0.305. The lowest BCUT2D eigenvalue weighted by molar-refractivity contribution is -0.136. The fourth-order valence-corrected chi connectivity index (χ4v) is 2.09. The number of rotatable bonds is 6. The number of carboxylic acid groups (broad SMARTS) is 1. The number of nitrogens with zero attached hydrogens (tertiary/aromatic N) is 1. The Hall–Kier alpha value is -1.22. The van der Waals surface area contributed by atoms with Gasteiger partial charge in [0.15, 0.2) is 0 Å². The minimum Gasteiger partial charge on any atom is -0.481 e. The molecule has 0 aliphatic rings. The van der Waals surface area contributed by atoms with Crippen molar-refractivity contribution in [2.45, 2.75) is 27.2 Å². The maximum Gasteiger partial charge on any atom is 0.305 e. The molecule has 4 heteroatoms. The number of aliphatic carboxylic acids is 1. The Morgan fingerprint density at radius 3 is 2.67 bits per heavy atom. The van der Waals surface area contributed by atoms with Gasteiger partial charge in [-0.05, 0) is 30.5 Å². The van der Waals surface area contributed by atoms with Crippen LogP contribution in [0, 0.1) is 12.8 Å². The zero-order chi connectivity index (χ0) is 13.7. The summed E-state index contributed by atoms with van der Waals surface area (Å²) in [6.07, 6.45) is 0.138. The van der Waals surface area contributed by atoms with Gasteiger partial charge in [-0.1, -0.05) is 31.5 Å². The Balaban J connectivity index is 2.93. The molecule has 0 heterocycles. The first-order valence-corrected chi connectivity index (χ1v) is 6.51. The van der Waals surface area contributed by atoms with Crippen LogP contribution in [-0.2, 0) is 4.79 Å². The molecule has 0 bridgehead atoms. The maximum atomic E-state index is 10.7. The minimum absolute atomic E-state index is 0.138. The quantitative estimate of drug-likeness (QED) is 0.858. The predicted molar refractivity (Wildman–Crippen MR) is 75.5 cm³/mol. The lowest BCUT2D eigenvalue weighted by atomic mass is 10.1. The van der Waals surface area contributed by atoms with Gasteiger partial charge in [0.25, 0.3) is 0 Å². The fraction of sp³-hybridized carbons (Fsp3) is 0.500. The SMILES string of the molecule is Cc1c(Cl)cccc1N(CCC(=O)O)CC(C)C. The molecule has 0 spiro atoms. The third-order valence-electron chi connectivity index (χ3n) is 2.76. The number of hydrogen-bond donors (Lipinski definition) is 1. The van der Waals surface area contributed by atoms with Crippen LogP contribution in [0.4, 0.5) is 5.69 Å². The molecule has 0 amide bonds. The number of carbonyl (C=O) groups is 1. The Labute approximate surface area is 113 Å². The average molecular weight is 270 g/mol. The highest BCUT2D eigenvalue weighted by molar-refractivity contribution is 6.31. The van der Waals surface area contributed by atoms with Gasteiger partial charge in [0.2, 0.25) is 0 Å². The highest BCUT2D eigenvalue weighted by Crippen LogP contribution is 2.27. The molecule has 100 valence electrons. The van der Waals surface area contributed by atoms with Crippen molar-refractivity contribution in [3.05, 3.63) is 28.8 Å². The molecule has 1 aromatic carbocycles. The zero-order valence-electron chi connectivity index (χ0n) is 11.1. The second-order valence-electron chi connectivity index (χ2n) is 4.87. The summed E-state index contributed by atoms with van der Waals surface area (Å²) in [4.78, 5) is 12.8. The molecule has 0 saturated heterocycles. The van der Waals surface area contributed by atoms with Crippen LogP contribution in [0.1, 0.15) is 25.8 Å². The Morgan fingerprint density at radius 1 is 1.44 bits per heavy atom. The van der Waals surface area contributed by atoms with Gasteiger partial charge in [-0.2, -0.15) is 0 Å². The third kappa shape index (κ3) is 4.22. The van der Waals surface area contributed by atoms with E-state index >= 15 is 0 Å². The topological polar surface area (TPSA) is 40.5 Å². The minimum atomic E-state index is -0.775. The van der Waals surface area contributed by atoms with Crippen LogP contribution in [-0.4, -0.2) is 24.2 Å². The smallest absolute Gasteiger partial charge is 0.305 e. The molecule has 0 atom stereocenters. The van der Waals surface area contributed by atoms with E-state index in [9.17, 15) is 4.79 Å². The molecule has 0 aliphatic heterocycles. The van der Waals surface area contributed by atoms with Crippen molar-refractivity contribution in [2.75, 3.05) is 18.0 Å². The van der Waals surface area contributed by atoms with Crippen molar-refractivity contribution >= 4 is 23.3 Å². The van der Waals surface area contributed by atoms with Crippen molar-refractivity contribution in [3.8, 4) is 0 Å². The molecule has 3 nitrogen and oxygen atoms in total. The summed E-state index contributed by atoms with van der Waals surface area (Å²) in [6.45, 7) is 7.54. The molecule has 0 radical (unpaired) electrons. The van der Waals surface area contributed by atoms with Gasteiger partial charge in [0, 0.05) is 23.8 Å². The van der Waals surface area contributed by atoms with Crippen LogP contribution in [0.25, 0.3) is 0 Å². The molecule has 0 aromatic heterocycles. The second kappa shape index (κ2) is 6.64. The third-order valence-corrected chi connectivity index (χ3v) is 3.17. The molecule has 0 fully saturated rings. The molecule has 1 aromatic rings. The van der Waals surface area contributed by atoms with Gasteiger partial charge < -0.3 is 10.0 Å². The van der Waals surface area contributed by atoms with Crippen LogP contribution >= 0.6 is 11.6 Å². The van der Waals surface area contributed by atoms with Gasteiger partial charge in [-0.3, -0.25) is 4.79 Å². The van der Waals surface area contributed by atoms with Gasteiger partial charge in [0.05, 0.1) is 6.42 Å². The van der Waals surface area contributed by atoms with Crippen molar-refractivity contribution in [1.29, 1.82) is 0 Å². The zero-order valence-corrected chi connectivity index (χ0v) is 11.9. The molecule has 0 saturated carbocycles. The largest absolute Gasteiger partial charge is 0.481 e. The van der Waals surface area contributed by atoms with E-state index in [1.165, 1.54) is 0 Å². The van der Waals surface area contributed by atoms with E-state index < -0.39 is 5.97 Å². The molecule has 0 unspecified atom stereocenters. The second-order valence-corrected chi connectivity index (χ2v) is 5.27. The normalized spacial score (nSPS) is 10.7. The standard InChI is InChI=1S/C14H20ClNO2/c1-10(2)9-16(8-7-14(17)18)13-6-4-5-12(15)11(13)3/h4-6,10H,7-9H2,1-3H3,(H,17,18). The van der Waals surface area contributed by atoms with E-state index in [1.807, 2.05) is 25.1 Å². The van der Waals surface area contributed by atoms with Crippen LogP contribution in [0.3, 0.4) is 0 Å². The molecule has 1 rings (SSSR count).